The molecule has 2 heterocycles. The topological polar surface area (TPSA) is 89.4 Å². The van der Waals surface area contributed by atoms with Gasteiger partial charge in [-0.25, -0.2) is 4.39 Å². The van der Waals surface area contributed by atoms with Crippen LogP contribution in [0, 0.1) is 5.82 Å². The Morgan fingerprint density at radius 2 is 1.78 bits per heavy atom. The molecule has 0 spiro atoms. The quantitative estimate of drug-likeness (QED) is 0.491. The first-order valence-electron chi connectivity index (χ1n) is 12.8. The van der Waals surface area contributed by atoms with Gasteiger partial charge in [-0.15, -0.1) is 0 Å². The number of benzene rings is 1. The molecular weight excluding hydrogens is 461 g/mol. The summed E-state index contributed by atoms with van der Waals surface area (Å²) in [6, 6.07) is 6.16. The monoisotopic (exact) mass is 495 g/mol. The molecule has 0 unspecified atom stereocenters. The van der Waals surface area contributed by atoms with Crippen molar-refractivity contribution in [1.82, 2.24) is 15.2 Å². The van der Waals surface area contributed by atoms with E-state index >= 15 is 0 Å². The smallest absolute Gasteiger partial charge is 0.256 e. The van der Waals surface area contributed by atoms with Crippen molar-refractivity contribution in [2.45, 2.75) is 64.0 Å². The molecule has 1 atom stereocenters. The highest BCUT2D eigenvalue weighted by molar-refractivity contribution is 5.99. The van der Waals surface area contributed by atoms with Crippen LogP contribution in [-0.2, 0) is 17.7 Å². The van der Waals surface area contributed by atoms with E-state index in [-0.39, 0.29) is 29.6 Å². The number of hydrogen-bond donors (Lipinski definition) is 2. The summed E-state index contributed by atoms with van der Waals surface area (Å²) >= 11 is 0. The summed E-state index contributed by atoms with van der Waals surface area (Å²) in [5, 5.41) is 5.59. The zero-order chi connectivity index (χ0) is 25.3. The number of aromatic nitrogens is 1. The fourth-order valence-corrected chi connectivity index (χ4v) is 4.76. The Bertz CT molecular complexity index is 1170. The van der Waals surface area contributed by atoms with E-state index in [9.17, 15) is 18.8 Å². The molecule has 2 N–H and O–H groups in total. The van der Waals surface area contributed by atoms with Gasteiger partial charge in [0.25, 0.3) is 11.8 Å². The third-order valence-electron chi connectivity index (χ3n) is 6.71. The Balaban J connectivity index is 1.46. The molecule has 1 fully saturated rings. The summed E-state index contributed by atoms with van der Waals surface area (Å²) in [5.74, 6) is -1.37. The number of rotatable bonds is 10. The van der Waals surface area contributed by atoms with E-state index in [2.05, 4.69) is 16.7 Å². The Morgan fingerprint density at radius 3 is 2.42 bits per heavy atom. The van der Waals surface area contributed by atoms with Gasteiger partial charge in [-0.1, -0.05) is 23.8 Å². The molecular formula is C28H34FN3O4. The van der Waals surface area contributed by atoms with Crippen molar-refractivity contribution in [2.24, 2.45) is 0 Å². The number of halogens is 1. The molecule has 7 nitrogen and oxygen atoms in total. The maximum Gasteiger partial charge on any atom is 0.256 e. The van der Waals surface area contributed by atoms with Crippen molar-refractivity contribution < 1.29 is 18.7 Å². The predicted molar refractivity (Wildman–Crippen MR) is 136 cm³/mol. The van der Waals surface area contributed by atoms with Crippen LogP contribution in [0.3, 0.4) is 0 Å². The molecule has 0 radical (unpaired) electrons. The number of nitrogens with zero attached hydrogens (tertiary/aromatic N) is 1. The molecule has 2 aliphatic rings. The number of carbonyl (C=O) groups excluding carboxylic acids is 2. The largest absolute Gasteiger partial charge is 0.376 e. The van der Waals surface area contributed by atoms with Crippen molar-refractivity contribution in [1.29, 1.82) is 0 Å². The van der Waals surface area contributed by atoms with Gasteiger partial charge >= 0.3 is 0 Å². The van der Waals surface area contributed by atoms with Crippen molar-refractivity contribution in [3.8, 4) is 0 Å². The standard InChI is InChI=1S/C28H34FN3O4/c29-22-9-4-8-21(16-22)12-14-31-28(35)25-19-32(17-23-10-5-15-36-23)18-24(26(25)33)27(34)30-13-11-20-6-2-1-3-7-20/h4,6,8-9,16,18-19,23H,1-3,5,7,10-15,17H2,(H,30,34)(H,31,35)/t23-/m0/s1. The molecule has 1 aromatic carbocycles. The summed E-state index contributed by atoms with van der Waals surface area (Å²) in [6.45, 7) is 1.82. The second-order valence-electron chi connectivity index (χ2n) is 9.50. The van der Waals surface area contributed by atoms with Crippen LogP contribution in [0.4, 0.5) is 4.39 Å². The number of hydrogen-bond acceptors (Lipinski definition) is 4. The maximum atomic E-state index is 13.4. The van der Waals surface area contributed by atoms with Crippen molar-refractivity contribution in [2.75, 3.05) is 19.7 Å². The number of pyridine rings is 1. The molecule has 1 aliphatic carbocycles. The second kappa shape index (κ2) is 12.6. The third-order valence-corrected chi connectivity index (χ3v) is 6.71. The predicted octanol–water partition coefficient (Wildman–Crippen LogP) is 3.76. The van der Waals surface area contributed by atoms with E-state index in [0.717, 1.165) is 37.7 Å². The van der Waals surface area contributed by atoms with Gasteiger partial charge in [-0.05, 0) is 69.1 Å². The van der Waals surface area contributed by atoms with Crippen LogP contribution in [0.15, 0.2) is 53.1 Å². The van der Waals surface area contributed by atoms with Crippen LogP contribution in [0.2, 0.25) is 0 Å². The normalized spacial score (nSPS) is 17.5. The second-order valence-corrected chi connectivity index (χ2v) is 9.50. The number of allylic oxidation sites excluding steroid dienone is 1. The van der Waals surface area contributed by atoms with E-state index in [1.54, 1.807) is 16.7 Å². The molecule has 1 aliphatic heterocycles. The minimum Gasteiger partial charge on any atom is -0.376 e. The summed E-state index contributed by atoms with van der Waals surface area (Å²) in [4.78, 5) is 39.1. The summed E-state index contributed by atoms with van der Waals surface area (Å²) in [6.07, 6.45) is 12.8. The molecule has 36 heavy (non-hydrogen) atoms. The minimum atomic E-state index is -0.601. The Morgan fingerprint density at radius 1 is 1.03 bits per heavy atom. The number of carbonyl (C=O) groups is 2. The van der Waals surface area contributed by atoms with Gasteiger partial charge in [0.15, 0.2) is 0 Å². The Labute approximate surface area is 210 Å². The lowest BCUT2D eigenvalue weighted by atomic mass is 9.97. The maximum absolute atomic E-state index is 13.4. The van der Waals surface area contributed by atoms with Gasteiger partial charge in [0.05, 0.1) is 6.10 Å². The highest BCUT2D eigenvalue weighted by Crippen LogP contribution is 2.19. The van der Waals surface area contributed by atoms with Crippen LogP contribution in [0.5, 0.6) is 0 Å². The highest BCUT2D eigenvalue weighted by Gasteiger charge is 2.22. The first-order valence-corrected chi connectivity index (χ1v) is 12.8. The number of nitrogens with one attached hydrogen (secondary N) is 2. The molecule has 2 amide bonds. The zero-order valence-corrected chi connectivity index (χ0v) is 20.6. The summed E-state index contributed by atoms with van der Waals surface area (Å²) in [5.41, 5.74) is 1.34. The van der Waals surface area contributed by atoms with Gasteiger partial charge in [0.2, 0.25) is 5.43 Å². The first-order chi connectivity index (χ1) is 17.5. The fraction of sp³-hybridized carbons (Fsp3) is 0.464. The van der Waals surface area contributed by atoms with Crippen LogP contribution >= 0.6 is 0 Å². The van der Waals surface area contributed by atoms with Gasteiger partial charge in [0.1, 0.15) is 16.9 Å². The Kier molecular flexibility index (Phi) is 9.06. The van der Waals surface area contributed by atoms with Crippen molar-refractivity contribution >= 4 is 11.8 Å². The first kappa shape index (κ1) is 25.8. The number of amides is 2. The Hall–Kier alpha value is -3.26. The average Bonchev–Trinajstić information content (AvgIpc) is 3.38. The van der Waals surface area contributed by atoms with Crippen LogP contribution < -0.4 is 16.1 Å². The van der Waals surface area contributed by atoms with E-state index in [1.807, 2.05) is 0 Å². The molecule has 1 saturated heterocycles. The van der Waals surface area contributed by atoms with Crippen molar-refractivity contribution in [3.63, 3.8) is 0 Å². The van der Waals surface area contributed by atoms with E-state index in [0.29, 0.717) is 26.1 Å². The summed E-state index contributed by atoms with van der Waals surface area (Å²) < 4.78 is 20.8. The molecule has 4 rings (SSSR count). The zero-order valence-electron chi connectivity index (χ0n) is 20.6. The van der Waals surface area contributed by atoms with Crippen LogP contribution in [0.25, 0.3) is 0 Å². The number of ether oxygens (including phenoxy) is 1. The SMILES string of the molecule is O=C(NCCC1=CCCCC1)c1cn(C[C@@H]2CCCO2)cc(C(=O)NCCc2cccc(F)c2)c1=O. The third kappa shape index (κ3) is 7.13. The van der Waals surface area contributed by atoms with E-state index in [1.165, 1.54) is 42.9 Å². The summed E-state index contributed by atoms with van der Waals surface area (Å²) in [7, 11) is 0. The van der Waals surface area contributed by atoms with E-state index < -0.39 is 17.2 Å². The lowest BCUT2D eigenvalue weighted by Gasteiger charge is -2.16. The average molecular weight is 496 g/mol. The molecule has 0 saturated carbocycles. The molecule has 8 heteroatoms. The van der Waals surface area contributed by atoms with Crippen molar-refractivity contribution in [3.05, 3.63) is 81.0 Å². The molecule has 2 aromatic rings. The van der Waals surface area contributed by atoms with Gasteiger partial charge < -0.3 is 19.9 Å². The van der Waals surface area contributed by atoms with Crippen LogP contribution in [0.1, 0.15) is 71.2 Å². The van der Waals surface area contributed by atoms with Gasteiger partial charge in [0, 0.05) is 38.6 Å². The molecule has 192 valence electrons. The molecule has 0 bridgehead atoms. The highest BCUT2D eigenvalue weighted by atomic mass is 19.1. The van der Waals surface area contributed by atoms with Gasteiger partial charge in [-0.3, -0.25) is 14.4 Å². The lowest BCUT2D eigenvalue weighted by Crippen LogP contribution is -2.36. The van der Waals surface area contributed by atoms with Crippen LogP contribution in [-0.4, -0.2) is 42.2 Å². The molecule has 1 aromatic heterocycles. The lowest BCUT2D eigenvalue weighted by molar-refractivity contribution is 0.0926. The van der Waals surface area contributed by atoms with E-state index in [4.69, 9.17) is 4.74 Å². The van der Waals surface area contributed by atoms with Gasteiger partial charge in [-0.2, -0.15) is 0 Å². The fourth-order valence-electron chi connectivity index (χ4n) is 4.76. The minimum absolute atomic E-state index is 0.0226.